The number of carboxylic acids is 2. The SMILES string of the molecule is CCCCCCCCCC=CC=CCCCCC(=O)O.CCCCCCCCCCCC=CC=CCCC(=O)O. The maximum Gasteiger partial charge on any atom is 0.303 e. The van der Waals surface area contributed by atoms with Crippen molar-refractivity contribution in [3.63, 3.8) is 0 Å². The van der Waals surface area contributed by atoms with Crippen molar-refractivity contribution in [2.24, 2.45) is 0 Å². The van der Waals surface area contributed by atoms with Gasteiger partial charge in [-0.05, 0) is 51.4 Å². The van der Waals surface area contributed by atoms with Gasteiger partial charge in [0.25, 0.3) is 0 Å². The average molecular weight is 561 g/mol. The van der Waals surface area contributed by atoms with Gasteiger partial charge in [0.1, 0.15) is 0 Å². The minimum Gasteiger partial charge on any atom is -0.481 e. The summed E-state index contributed by atoms with van der Waals surface area (Å²) < 4.78 is 0. The normalized spacial score (nSPS) is 11.7. The van der Waals surface area contributed by atoms with E-state index in [1.807, 2.05) is 18.2 Å². The zero-order valence-corrected chi connectivity index (χ0v) is 26.3. The van der Waals surface area contributed by atoms with E-state index < -0.39 is 11.9 Å². The smallest absolute Gasteiger partial charge is 0.303 e. The molecular formula is C36H64O4. The van der Waals surface area contributed by atoms with E-state index in [2.05, 4.69) is 44.2 Å². The van der Waals surface area contributed by atoms with Gasteiger partial charge in [0.05, 0.1) is 0 Å². The molecule has 4 heteroatoms. The van der Waals surface area contributed by atoms with E-state index in [9.17, 15) is 9.59 Å². The highest BCUT2D eigenvalue weighted by Gasteiger charge is 1.94. The molecule has 0 amide bonds. The Morgan fingerprint density at radius 3 is 1.05 bits per heavy atom. The number of hydrogen-bond donors (Lipinski definition) is 2. The standard InChI is InChI=1S/2C18H32O2/c2*1-2-3-4-5-6-7-8-9-10-11-12-13-14-15-16-17-18(19)20/h12-15H,2-11,16-17H2,1H3,(H,19,20);10-13H,2-9,14-17H2,1H3,(H,19,20). The highest BCUT2D eigenvalue weighted by Crippen LogP contribution is 2.11. The minimum atomic E-state index is -0.728. The van der Waals surface area contributed by atoms with Crippen LogP contribution in [0.4, 0.5) is 0 Å². The van der Waals surface area contributed by atoms with Gasteiger partial charge in [-0.2, -0.15) is 0 Å². The van der Waals surface area contributed by atoms with E-state index in [0.29, 0.717) is 12.8 Å². The van der Waals surface area contributed by atoms with Gasteiger partial charge in [-0.3, -0.25) is 9.59 Å². The van der Waals surface area contributed by atoms with Crippen LogP contribution in [0.2, 0.25) is 0 Å². The number of carboxylic acid groups (broad SMARTS) is 2. The Morgan fingerprint density at radius 1 is 0.400 bits per heavy atom. The third kappa shape index (κ3) is 43.0. The van der Waals surface area contributed by atoms with Crippen LogP contribution >= 0.6 is 0 Å². The van der Waals surface area contributed by atoms with Gasteiger partial charge in [-0.1, -0.05) is 152 Å². The molecule has 0 aliphatic heterocycles. The molecule has 0 heterocycles. The van der Waals surface area contributed by atoms with Crippen LogP contribution in [-0.2, 0) is 9.59 Å². The topological polar surface area (TPSA) is 74.6 Å². The summed E-state index contributed by atoms with van der Waals surface area (Å²) in [6, 6.07) is 0. The zero-order chi connectivity index (χ0) is 29.8. The summed E-state index contributed by atoms with van der Waals surface area (Å²) in [6.45, 7) is 4.51. The van der Waals surface area contributed by atoms with Crippen LogP contribution in [0.3, 0.4) is 0 Å². The van der Waals surface area contributed by atoms with Crippen molar-refractivity contribution < 1.29 is 19.8 Å². The first-order valence-corrected chi connectivity index (χ1v) is 16.6. The van der Waals surface area contributed by atoms with Gasteiger partial charge in [0.2, 0.25) is 0 Å². The summed E-state index contributed by atoms with van der Waals surface area (Å²) in [6.07, 6.45) is 44.7. The predicted molar refractivity (Wildman–Crippen MR) is 174 cm³/mol. The quantitative estimate of drug-likeness (QED) is 0.0737. The van der Waals surface area contributed by atoms with Crippen molar-refractivity contribution >= 4 is 11.9 Å². The number of carbonyl (C=O) groups is 2. The second kappa shape index (κ2) is 36.9. The first-order chi connectivity index (χ1) is 19.5. The Kier molecular flexibility index (Phi) is 36.9. The molecule has 2 N–H and O–H groups in total. The molecule has 0 aromatic rings. The number of rotatable bonds is 28. The maximum absolute atomic E-state index is 10.3. The third-order valence-corrected chi connectivity index (χ3v) is 6.75. The number of allylic oxidation sites excluding steroid dienone is 8. The monoisotopic (exact) mass is 560 g/mol. The lowest BCUT2D eigenvalue weighted by Crippen LogP contribution is -1.92. The molecule has 232 valence electrons. The fraction of sp³-hybridized carbons (Fsp3) is 0.722. The molecule has 0 bridgehead atoms. The van der Waals surface area contributed by atoms with Crippen LogP contribution in [0.5, 0.6) is 0 Å². The van der Waals surface area contributed by atoms with Crippen molar-refractivity contribution in [1.82, 2.24) is 0 Å². The molecule has 0 rings (SSSR count). The summed E-state index contributed by atoms with van der Waals surface area (Å²) in [4.78, 5) is 20.6. The Labute approximate surface area is 248 Å². The summed E-state index contributed by atoms with van der Waals surface area (Å²) >= 11 is 0. The van der Waals surface area contributed by atoms with Crippen molar-refractivity contribution in [2.45, 2.75) is 168 Å². The number of hydrogen-bond acceptors (Lipinski definition) is 2. The summed E-state index contributed by atoms with van der Waals surface area (Å²) in [5, 5.41) is 17.0. The van der Waals surface area contributed by atoms with Crippen LogP contribution in [0.15, 0.2) is 48.6 Å². The summed E-state index contributed by atoms with van der Waals surface area (Å²) in [5.74, 6) is -1.42. The summed E-state index contributed by atoms with van der Waals surface area (Å²) in [5.41, 5.74) is 0. The minimum absolute atomic E-state index is 0.225. The molecule has 40 heavy (non-hydrogen) atoms. The second-order valence-corrected chi connectivity index (χ2v) is 10.8. The molecular weight excluding hydrogens is 496 g/mol. The Bertz CT molecular complexity index is 645. The first-order valence-electron chi connectivity index (χ1n) is 16.6. The third-order valence-electron chi connectivity index (χ3n) is 6.75. The lowest BCUT2D eigenvalue weighted by molar-refractivity contribution is -0.138. The van der Waals surface area contributed by atoms with E-state index in [4.69, 9.17) is 10.2 Å². The fourth-order valence-electron chi connectivity index (χ4n) is 4.24. The molecule has 0 aliphatic rings. The van der Waals surface area contributed by atoms with Gasteiger partial charge in [0.15, 0.2) is 0 Å². The molecule has 0 aliphatic carbocycles. The first kappa shape index (κ1) is 40.0. The predicted octanol–water partition coefficient (Wildman–Crippen LogP) is 11.8. The highest BCUT2D eigenvalue weighted by atomic mass is 16.4. The van der Waals surface area contributed by atoms with Crippen LogP contribution in [-0.4, -0.2) is 22.2 Å². The molecule has 0 aromatic carbocycles. The molecule has 0 aromatic heterocycles. The molecule has 0 radical (unpaired) electrons. The number of aliphatic carboxylic acids is 2. The maximum atomic E-state index is 10.3. The van der Waals surface area contributed by atoms with Gasteiger partial charge in [0, 0.05) is 12.8 Å². The van der Waals surface area contributed by atoms with Gasteiger partial charge in [-0.25, -0.2) is 0 Å². The molecule has 0 unspecified atom stereocenters. The highest BCUT2D eigenvalue weighted by molar-refractivity contribution is 5.67. The lowest BCUT2D eigenvalue weighted by Gasteiger charge is -2.00. The van der Waals surface area contributed by atoms with Crippen molar-refractivity contribution in [3.05, 3.63) is 48.6 Å². The van der Waals surface area contributed by atoms with Gasteiger partial charge < -0.3 is 10.2 Å². The van der Waals surface area contributed by atoms with E-state index in [1.54, 1.807) is 0 Å². The van der Waals surface area contributed by atoms with Crippen LogP contribution in [0, 0.1) is 0 Å². The summed E-state index contributed by atoms with van der Waals surface area (Å²) in [7, 11) is 0. The van der Waals surface area contributed by atoms with E-state index in [1.165, 1.54) is 109 Å². The average Bonchev–Trinajstić information content (AvgIpc) is 2.93. The van der Waals surface area contributed by atoms with Crippen LogP contribution in [0.1, 0.15) is 168 Å². The van der Waals surface area contributed by atoms with Gasteiger partial charge >= 0.3 is 11.9 Å². The second-order valence-electron chi connectivity index (χ2n) is 10.8. The lowest BCUT2D eigenvalue weighted by atomic mass is 10.1. The molecule has 0 saturated heterocycles. The fourth-order valence-corrected chi connectivity index (χ4v) is 4.24. The van der Waals surface area contributed by atoms with E-state index in [0.717, 1.165) is 25.7 Å². The van der Waals surface area contributed by atoms with Crippen molar-refractivity contribution in [2.75, 3.05) is 0 Å². The molecule has 0 atom stereocenters. The molecule has 0 spiro atoms. The zero-order valence-electron chi connectivity index (χ0n) is 26.3. The molecule has 0 fully saturated rings. The number of unbranched alkanes of at least 4 members (excludes halogenated alkanes) is 18. The Morgan fingerprint density at radius 2 is 0.700 bits per heavy atom. The Hall–Kier alpha value is -2.10. The van der Waals surface area contributed by atoms with Crippen LogP contribution in [0.25, 0.3) is 0 Å². The molecule has 4 nitrogen and oxygen atoms in total. The van der Waals surface area contributed by atoms with E-state index in [-0.39, 0.29) is 6.42 Å². The van der Waals surface area contributed by atoms with Crippen molar-refractivity contribution in [3.8, 4) is 0 Å². The van der Waals surface area contributed by atoms with Crippen LogP contribution < -0.4 is 0 Å². The Balaban J connectivity index is 0. The molecule has 0 saturated carbocycles. The largest absolute Gasteiger partial charge is 0.481 e. The van der Waals surface area contributed by atoms with Gasteiger partial charge in [-0.15, -0.1) is 0 Å². The van der Waals surface area contributed by atoms with Crippen molar-refractivity contribution in [1.29, 1.82) is 0 Å². The van der Waals surface area contributed by atoms with E-state index >= 15 is 0 Å².